The summed E-state index contributed by atoms with van der Waals surface area (Å²) in [6, 6.07) is 3.74. The van der Waals surface area contributed by atoms with Gasteiger partial charge in [0.2, 0.25) is 15.9 Å². The van der Waals surface area contributed by atoms with Gasteiger partial charge in [0.25, 0.3) is 0 Å². The maximum absolute atomic E-state index is 11.5. The topological polar surface area (TPSA) is 76.8 Å². The first-order chi connectivity index (χ1) is 11.6. The Morgan fingerprint density at radius 1 is 1.24 bits per heavy atom. The molecule has 0 aromatic carbocycles. The molecule has 0 unspecified atom stereocenters. The fourth-order valence-corrected chi connectivity index (χ4v) is 3.79. The van der Waals surface area contributed by atoms with E-state index in [1.54, 1.807) is 4.52 Å². The van der Waals surface area contributed by atoms with Gasteiger partial charge in [-0.15, -0.1) is 5.10 Å². The van der Waals surface area contributed by atoms with Crippen molar-refractivity contribution in [3.8, 4) is 5.88 Å². The summed E-state index contributed by atoms with van der Waals surface area (Å²) in [5, 5.41) is 4.47. The molecule has 2 aromatic rings. The monoisotopic (exact) mass is 366 g/mol. The Kier molecular flexibility index (Phi) is 4.76. The molecule has 2 aromatic heterocycles. The first-order valence-corrected chi connectivity index (χ1v) is 10.4. The van der Waals surface area contributed by atoms with Gasteiger partial charge in [-0.3, -0.25) is 0 Å². The van der Waals surface area contributed by atoms with Crippen molar-refractivity contribution in [3.05, 3.63) is 24.0 Å². The molecule has 7 nitrogen and oxygen atoms in total. The summed E-state index contributed by atoms with van der Waals surface area (Å²) < 4.78 is 32.2. The Bertz CT molecular complexity index is 846. The lowest BCUT2D eigenvalue weighted by atomic mass is 9.93. The van der Waals surface area contributed by atoms with Crippen LogP contribution in [-0.4, -0.2) is 53.3 Å². The smallest absolute Gasteiger partial charge is 0.231 e. The second kappa shape index (κ2) is 6.57. The second-order valence-electron chi connectivity index (χ2n) is 7.77. The number of imidazole rings is 1. The maximum Gasteiger partial charge on any atom is 0.231 e. The van der Waals surface area contributed by atoms with Crippen LogP contribution < -0.4 is 4.74 Å². The predicted octanol–water partition coefficient (Wildman–Crippen LogP) is 2.08. The number of nitrogens with zero attached hydrogens (tertiary/aromatic N) is 4. The van der Waals surface area contributed by atoms with E-state index >= 15 is 0 Å². The van der Waals surface area contributed by atoms with Crippen LogP contribution in [0.25, 0.3) is 5.65 Å². The molecule has 1 fully saturated rings. The summed E-state index contributed by atoms with van der Waals surface area (Å²) in [4.78, 5) is 4.59. The van der Waals surface area contributed by atoms with E-state index in [0.29, 0.717) is 31.5 Å². The van der Waals surface area contributed by atoms with Crippen molar-refractivity contribution in [2.24, 2.45) is 5.92 Å². The first-order valence-electron chi connectivity index (χ1n) is 8.58. The summed E-state index contributed by atoms with van der Waals surface area (Å²) >= 11 is 0. The molecule has 25 heavy (non-hydrogen) atoms. The van der Waals surface area contributed by atoms with E-state index in [-0.39, 0.29) is 5.41 Å². The van der Waals surface area contributed by atoms with Crippen molar-refractivity contribution in [1.82, 2.24) is 18.9 Å². The molecule has 0 radical (unpaired) electrons. The number of hydrogen-bond donors (Lipinski definition) is 0. The second-order valence-corrected chi connectivity index (χ2v) is 9.75. The molecule has 138 valence electrons. The summed E-state index contributed by atoms with van der Waals surface area (Å²) in [5.41, 5.74) is 1.77. The third-order valence-electron chi connectivity index (χ3n) is 4.57. The van der Waals surface area contributed by atoms with Gasteiger partial charge in [-0.2, -0.15) is 0 Å². The van der Waals surface area contributed by atoms with Crippen molar-refractivity contribution >= 4 is 15.7 Å². The fourth-order valence-electron chi connectivity index (χ4n) is 2.91. The number of aromatic nitrogens is 3. The van der Waals surface area contributed by atoms with Gasteiger partial charge in [-0.25, -0.2) is 22.2 Å². The molecular formula is C17H26N4O3S. The summed E-state index contributed by atoms with van der Waals surface area (Å²) in [5.74, 6) is 0.916. The minimum Gasteiger partial charge on any atom is -0.476 e. The number of fused-ring (bicyclic) bond motifs is 1. The van der Waals surface area contributed by atoms with E-state index in [2.05, 4.69) is 30.9 Å². The fraction of sp³-hybridized carbons (Fsp3) is 0.647. The quantitative estimate of drug-likeness (QED) is 0.828. The lowest BCUT2D eigenvalue weighted by Gasteiger charge is -2.29. The molecule has 0 atom stereocenters. The summed E-state index contributed by atoms with van der Waals surface area (Å²) in [6.45, 7) is 8.04. The highest BCUT2D eigenvalue weighted by molar-refractivity contribution is 7.88. The summed E-state index contributed by atoms with van der Waals surface area (Å²) in [6.07, 6.45) is 4.83. The molecule has 1 saturated heterocycles. The van der Waals surface area contributed by atoms with E-state index in [0.717, 1.165) is 24.2 Å². The van der Waals surface area contributed by atoms with Crippen LogP contribution in [0.1, 0.15) is 39.3 Å². The lowest BCUT2D eigenvalue weighted by Crippen LogP contribution is -2.39. The van der Waals surface area contributed by atoms with Crippen molar-refractivity contribution in [3.63, 3.8) is 0 Å². The molecule has 1 aliphatic heterocycles. The third kappa shape index (κ3) is 4.30. The van der Waals surface area contributed by atoms with Crippen LogP contribution in [0.4, 0.5) is 0 Å². The lowest BCUT2D eigenvalue weighted by molar-refractivity contribution is 0.180. The van der Waals surface area contributed by atoms with Crippen LogP contribution in [0.2, 0.25) is 0 Å². The number of piperidine rings is 1. The molecule has 0 saturated carbocycles. The number of ether oxygens (including phenoxy) is 1. The van der Waals surface area contributed by atoms with Crippen molar-refractivity contribution in [1.29, 1.82) is 0 Å². The van der Waals surface area contributed by atoms with Gasteiger partial charge in [0.1, 0.15) is 0 Å². The Labute approximate surface area is 149 Å². The van der Waals surface area contributed by atoms with E-state index < -0.39 is 10.0 Å². The number of hydrogen-bond acceptors (Lipinski definition) is 5. The predicted molar refractivity (Wildman–Crippen MR) is 96.3 cm³/mol. The van der Waals surface area contributed by atoms with E-state index in [1.807, 2.05) is 18.3 Å². The van der Waals surface area contributed by atoms with Gasteiger partial charge >= 0.3 is 0 Å². The zero-order chi connectivity index (χ0) is 18.2. The molecule has 3 rings (SSSR count). The Morgan fingerprint density at radius 3 is 2.52 bits per heavy atom. The van der Waals surface area contributed by atoms with Crippen LogP contribution in [-0.2, 0) is 15.4 Å². The number of sulfonamides is 1. The molecule has 0 amide bonds. The normalized spacial score (nSPS) is 17.9. The van der Waals surface area contributed by atoms with Crippen LogP contribution in [0.5, 0.6) is 5.88 Å². The molecule has 8 heteroatoms. The van der Waals surface area contributed by atoms with Gasteiger partial charge in [0.05, 0.1) is 24.8 Å². The highest BCUT2D eigenvalue weighted by Gasteiger charge is 2.25. The van der Waals surface area contributed by atoms with Gasteiger partial charge in [0.15, 0.2) is 5.65 Å². The van der Waals surface area contributed by atoms with E-state index in [1.165, 1.54) is 10.6 Å². The minimum absolute atomic E-state index is 0.0255. The SMILES string of the molecule is CC(C)(C)c1cn2nc(OCC3CCN(S(C)(=O)=O)CC3)ccc2n1. The van der Waals surface area contributed by atoms with E-state index in [9.17, 15) is 8.42 Å². The van der Waals surface area contributed by atoms with Crippen molar-refractivity contribution in [2.75, 3.05) is 26.0 Å². The van der Waals surface area contributed by atoms with Gasteiger partial charge in [-0.05, 0) is 24.8 Å². The molecule has 0 N–H and O–H groups in total. The average molecular weight is 366 g/mol. The van der Waals surface area contributed by atoms with Crippen molar-refractivity contribution in [2.45, 2.75) is 39.0 Å². The summed E-state index contributed by atoms with van der Waals surface area (Å²) in [7, 11) is -3.08. The van der Waals surface area contributed by atoms with Gasteiger partial charge in [-0.1, -0.05) is 20.8 Å². The molecule has 0 aliphatic carbocycles. The van der Waals surface area contributed by atoms with Crippen LogP contribution in [0, 0.1) is 5.92 Å². The Balaban J connectivity index is 1.60. The highest BCUT2D eigenvalue weighted by Crippen LogP contribution is 2.23. The Hall–Kier alpha value is -1.67. The maximum atomic E-state index is 11.5. The van der Waals surface area contributed by atoms with E-state index in [4.69, 9.17) is 4.74 Å². The van der Waals surface area contributed by atoms with Crippen LogP contribution in [0.15, 0.2) is 18.3 Å². The molecule has 1 aliphatic rings. The standard InChI is InChI=1S/C17H26N4O3S/c1-17(2,3)14-11-21-15(18-14)5-6-16(19-21)24-12-13-7-9-20(10-8-13)25(4,22)23/h5-6,11,13H,7-10,12H2,1-4H3. The third-order valence-corrected chi connectivity index (χ3v) is 5.88. The van der Waals surface area contributed by atoms with Gasteiger partial charge in [0, 0.05) is 24.6 Å². The molecular weight excluding hydrogens is 340 g/mol. The van der Waals surface area contributed by atoms with Gasteiger partial charge < -0.3 is 4.74 Å². The van der Waals surface area contributed by atoms with Crippen LogP contribution in [0.3, 0.4) is 0 Å². The zero-order valence-corrected chi connectivity index (χ0v) is 16.1. The Morgan fingerprint density at radius 2 is 1.92 bits per heavy atom. The van der Waals surface area contributed by atoms with Crippen molar-refractivity contribution < 1.29 is 13.2 Å². The zero-order valence-electron chi connectivity index (χ0n) is 15.3. The minimum atomic E-state index is -3.08. The highest BCUT2D eigenvalue weighted by atomic mass is 32.2. The van der Waals surface area contributed by atoms with Crippen LogP contribution >= 0.6 is 0 Å². The first kappa shape index (κ1) is 18.1. The molecule has 3 heterocycles. The molecule has 0 spiro atoms. The average Bonchev–Trinajstić information content (AvgIpc) is 2.96. The number of rotatable bonds is 4. The molecule has 0 bridgehead atoms. The largest absolute Gasteiger partial charge is 0.476 e.